The van der Waals surface area contributed by atoms with Gasteiger partial charge in [0.25, 0.3) is 5.91 Å². The predicted octanol–water partition coefficient (Wildman–Crippen LogP) is 4.46. The van der Waals surface area contributed by atoms with Crippen LogP contribution in [-0.4, -0.2) is 16.6 Å². The molecule has 1 aliphatic heterocycles. The van der Waals surface area contributed by atoms with Gasteiger partial charge in [-0.2, -0.15) is 0 Å². The maximum atomic E-state index is 13.0. The molecule has 1 saturated heterocycles. The molecule has 5 heteroatoms. The first kappa shape index (κ1) is 16.2. The monoisotopic (exact) mass is 335 g/mol. The zero-order chi connectivity index (χ0) is 17.5. The third kappa shape index (κ3) is 2.36. The molecule has 1 aliphatic rings. The third-order valence-corrected chi connectivity index (χ3v) is 4.61. The third-order valence-electron chi connectivity index (χ3n) is 4.24. The maximum absolute atomic E-state index is 13.0. The van der Waals surface area contributed by atoms with Gasteiger partial charge in [0.15, 0.2) is 10.8 Å². The molecule has 0 saturated carbocycles. The molecule has 0 bridgehead atoms. The second-order valence-corrected chi connectivity index (χ2v) is 6.60. The minimum atomic E-state index is -0.773. The highest BCUT2D eigenvalue weighted by Crippen LogP contribution is 2.37. The zero-order valence-corrected chi connectivity index (χ0v) is 14.6. The number of rotatable bonds is 2. The van der Waals surface area contributed by atoms with Crippen molar-refractivity contribution in [2.75, 3.05) is 9.80 Å². The molecule has 0 aliphatic carbocycles. The summed E-state index contributed by atoms with van der Waals surface area (Å²) in [5, 5.41) is 0.450. The number of hydrogen-bond acceptors (Lipinski definition) is 2. The van der Waals surface area contributed by atoms with E-state index in [-0.39, 0.29) is 5.91 Å². The van der Waals surface area contributed by atoms with E-state index in [1.165, 1.54) is 0 Å². The Morgan fingerprint density at radius 2 is 1.75 bits per heavy atom. The molecule has 0 unspecified atom stereocenters. The Hall–Kier alpha value is -2.71. The molecule has 1 amide bonds. The number of carbonyl (C=O) groups is 1. The predicted molar refractivity (Wildman–Crippen MR) is 101 cm³/mol. The summed E-state index contributed by atoms with van der Waals surface area (Å²) in [6, 6.07) is 15.0. The van der Waals surface area contributed by atoms with Gasteiger partial charge >= 0.3 is 0 Å². The van der Waals surface area contributed by atoms with Crippen molar-refractivity contribution in [1.29, 1.82) is 0 Å². The lowest BCUT2D eigenvalue weighted by atomic mass is 10.0. The molecule has 120 valence electrons. The first-order valence-electron chi connectivity index (χ1n) is 7.60. The molecule has 1 fully saturated rings. The van der Waals surface area contributed by atoms with Crippen molar-refractivity contribution >= 4 is 40.3 Å². The van der Waals surface area contributed by atoms with Gasteiger partial charge in [0.2, 0.25) is 0 Å². The Balaban J connectivity index is 2.08. The number of anilines is 2. The average molecular weight is 335 g/mol. The lowest BCUT2D eigenvalue weighted by Crippen LogP contribution is -2.44. The van der Waals surface area contributed by atoms with E-state index in [1.807, 2.05) is 62.1 Å². The Bertz CT molecular complexity index is 868. The molecule has 0 radical (unpaired) electrons. The van der Waals surface area contributed by atoms with Crippen molar-refractivity contribution in [3.63, 3.8) is 0 Å². The first-order chi connectivity index (χ1) is 11.4. The minimum Gasteiger partial charge on any atom is -0.304 e. The van der Waals surface area contributed by atoms with Gasteiger partial charge < -0.3 is 4.90 Å². The number of aryl methyl sites for hydroxylation is 1. The Morgan fingerprint density at radius 3 is 2.33 bits per heavy atom. The number of carbonyl (C=O) groups excluding carboxylic acids is 1. The van der Waals surface area contributed by atoms with E-state index in [0.29, 0.717) is 16.5 Å². The van der Waals surface area contributed by atoms with Gasteiger partial charge in [-0.25, -0.2) is 4.85 Å². The highest BCUT2D eigenvalue weighted by molar-refractivity contribution is 7.81. The lowest BCUT2D eigenvalue weighted by molar-refractivity contribution is -0.120. The summed E-state index contributed by atoms with van der Waals surface area (Å²) in [6.45, 7) is 12.8. The van der Waals surface area contributed by atoms with Gasteiger partial charge in [-0.15, -0.1) is 0 Å². The van der Waals surface area contributed by atoms with Gasteiger partial charge in [-0.05, 0) is 62.8 Å². The number of thiocarbonyl (C=S) groups is 1. The van der Waals surface area contributed by atoms with Crippen molar-refractivity contribution in [1.82, 2.24) is 0 Å². The average Bonchev–Trinajstić information content (AvgIpc) is 2.73. The summed E-state index contributed by atoms with van der Waals surface area (Å²) in [5.41, 5.74) is 2.22. The fraction of sp³-hybridized carbons (Fsp3) is 0.211. The van der Waals surface area contributed by atoms with Crippen LogP contribution in [0.1, 0.15) is 19.4 Å². The van der Waals surface area contributed by atoms with E-state index < -0.39 is 5.54 Å². The lowest BCUT2D eigenvalue weighted by Gasteiger charge is -2.29. The fourth-order valence-electron chi connectivity index (χ4n) is 2.94. The van der Waals surface area contributed by atoms with Crippen LogP contribution in [0.3, 0.4) is 0 Å². The molecule has 1 heterocycles. The molecule has 0 aromatic heterocycles. The molecule has 0 atom stereocenters. The Morgan fingerprint density at radius 1 is 1.08 bits per heavy atom. The Labute approximate surface area is 147 Å². The van der Waals surface area contributed by atoms with Crippen molar-refractivity contribution in [3.05, 3.63) is 65.5 Å². The van der Waals surface area contributed by atoms with Gasteiger partial charge in [-0.1, -0.05) is 24.3 Å². The summed E-state index contributed by atoms with van der Waals surface area (Å²) < 4.78 is 0. The zero-order valence-electron chi connectivity index (χ0n) is 13.8. The van der Waals surface area contributed by atoms with Crippen LogP contribution in [0, 0.1) is 13.5 Å². The van der Waals surface area contributed by atoms with Crippen LogP contribution in [0.15, 0.2) is 48.5 Å². The second kappa shape index (κ2) is 5.73. The van der Waals surface area contributed by atoms with Crippen molar-refractivity contribution < 1.29 is 4.79 Å². The number of para-hydroxylation sites is 1. The molecule has 3 rings (SSSR count). The maximum Gasteiger partial charge on any atom is 0.259 e. The Kier molecular flexibility index (Phi) is 3.86. The summed E-state index contributed by atoms with van der Waals surface area (Å²) in [5.74, 6) is -0.0775. The molecule has 24 heavy (non-hydrogen) atoms. The highest BCUT2D eigenvalue weighted by Gasteiger charge is 2.50. The van der Waals surface area contributed by atoms with E-state index in [9.17, 15) is 4.79 Å². The van der Waals surface area contributed by atoms with Crippen molar-refractivity contribution in [3.8, 4) is 0 Å². The fourth-order valence-corrected chi connectivity index (χ4v) is 3.46. The van der Waals surface area contributed by atoms with Gasteiger partial charge in [0.05, 0.1) is 6.57 Å². The normalized spacial score (nSPS) is 16.4. The van der Waals surface area contributed by atoms with E-state index in [0.717, 1.165) is 11.3 Å². The molecule has 2 aromatic rings. The van der Waals surface area contributed by atoms with E-state index in [2.05, 4.69) is 4.85 Å². The van der Waals surface area contributed by atoms with Crippen LogP contribution in [-0.2, 0) is 4.79 Å². The van der Waals surface area contributed by atoms with Crippen LogP contribution >= 0.6 is 12.2 Å². The van der Waals surface area contributed by atoms with Crippen LogP contribution in [0.25, 0.3) is 4.85 Å². The van der Waals surface area contributed by atoms with Gasteiger partial charge in [0.1, 0.15) is 5.54 Å². The summed E-state index contributed by atoms with van der Waals surface area (Å²) >= 11 is 5.63. The number of hydrogen-bond donors (Lipinski definition) is 0. The number of nitrogens with zero attached hydrogens (tertiary/aromatic N) is 3. The molecule has 0 N–H and O–H groups in total. The van der Waals surface area contributed by atoms with Gasteiger partial charge in [0, 0.05) is 11.4 Å². The SMILES string of the molecule is [C-]#[N+]c1ccc(N2C(=O)C(C)(C)N(c3ccccc3)C2=S)cc1C. The second-order valence-electron chi connectivity index (χ2n) is 6.24. The first-order valence-corrected chi connectivity index (χ1v) is 8.00. The topological polar surface area (TPSA) is 27.9 Å². The summed E-state index contributed by atoms with van der Waals surface area (Å²) in [7, 11) is 0. The number of amides is 1. The smallest absolute Gasteiger partial charge is 0.259 e. The van der Waals surface area contributed by atoms with Crippen molar-refractivity contribution in [2.45, 2.75) is 26.3 Å². The molecule has 0 spiro atoms. The quantitative estimate of drug-likeness (QED) is 0.599. The van der Waals surface area contributed by atoms with Crippen molar-refractivity contribution in [2.24, 2.45) is 0 Å². The van der Waals surface area contributed by atoms with Gasteiger partial charge in [-0.3, -0.25) is 9.69 Å². The largest absolute Gasteiger partial charge is 0.304 e. The molecular formula is C19H17N3OS. The van der Waals surface area contributed by atoms with E-state index in [1.54, 1.807) is 17.0 Å². The van der Waals surface area contributed by atoms with Crippen LogP contribution < -0.4 is 9.80 Å². The van der Waals surface area contributed by atoms with Crippen LogP contribution in [0.2, 0.25) is 0 Å². The van der Waals surface area contributed by atoms with Crippen LogP contribution in [0.5, 0.6) is 0 Å². The summed E-state index contributed by atoms with van der Waals surface area (Å²) in [6.07, 6.45) is 0. The molecule has 4 nitrogen and oxygen atoms in total. The van der Waals surface area contributed by atoms with E-state index >= 15 is 0 Å². The highest BCUT2D eigenvalue weighted by atomic mass is 32.1. The minimum absolute atomic E-state index is 0.0775. The summed E-state index contributed by atoms with van der Waals surface area (Å²) in [4.78, 5) is 19.9. The standard InChI is InChI=1S/C19H17N3OS/c1-13-12-15(10-11-16(13)20-4)21-17(23)19(2,3)22(18(21)24)14-8-6-5-7-9-14/h5-12H,1-3H3. The molecular weight excluding hydrogens is 318 g/mol. The van der Waals surface area contributed by atoms with E-state index in [4.69, 9.17) is 18.8 Å². The molecule has 2 aromatic carbocycles. The van der Waals surface area contributed by atoms with Crippen LogP contribution in [0.4, 0.5) is 17.1 Å². The number of benzene rings is 2.